The van der Waals surface area contributed by atoms with Crippen molar-refractivity contribution in [1.82, 2.24) is 15.1 Å². The number of phenolic OH excluding ortho intramolecular Hbond substituents is 1. The number of unbranched alkanes of at least 4 members (excludes halogenated alkanes) is 1. The van der Waals surface area contributed by atoms with E-state index in [9.17, 15) is 37.5 Å². The van der Waals surface area contributed by atoms with E-state index in [0.717, 1.165) is 85.0 Å². The standard InChI is InChI=1S/C43H44N4O6.C2HF3O2/c1-2-35(29-8-4-3-5-9-29)40(30-10-15-33(48)16-11-30)31-12-17-34(18-13-31)53-27-7-6-22-45-23-25-46(26-24-45)32-14-19-36-37(28-32)43(52)47(42(36)51)38-20-21-39(49)44-41(38)50;3-2(4,5)1(6)7/h3-5,8-19,28,38,48H,2,6-7,20-27H2,1H3,(H,44,49,50);(H,6,7)/b40-35-;. The van der Waals surface area contributed by atoms with Gasteiger partial charge in [-0.2, -0.15) is 13.2 Å². The van der Waals surface area contributed by atoms with E-state index >= 15 is 0 Å². The van der Waals surface area contributed by atoms with Crippen molar-refractivity contribution in [3.05, 3.63) is 125 Å². The molecule has 7 rings (SSSR count). The maximum atomic E-state index is 13.3. The maximum absolute atomic E-state index is 13.3. The minimum atomic E-state index is -5.08. The zero-order chi connectivity index (χ0) is 43.0. The van der Waals surface area contributed by atoms with Gasteiger partial charge in [0.2, 0.25) is 11.8 Å². The Kier molecular flexibility index (Phi) is 13.7. The molecule has 0 radical (unpaired) electrons. The van der Waals surface area contributed by atoms with Crippen LogP contribution in [0.1, 0.15) is 76.4 Å². The van der Waals surface area contributed by atoms with E-state index in [2.05, 4.69) is 58.4 Å². The molecule has 2 fully saturated rings. The Labute approximate surface area is 344 Å². The number of hydrogen-bond donors (Lipinski definition) is 3. The fourth-order valence-electron chi connectivity index (χ4n) is 7.54. The summed E-state index contributed by atoms with van der Waals surface area (Å²) < 4.78 is 37.9. The topological polar surface area (TPSA) is 157 Å². The number of carbonyl (C=O) groups is 5. The van der Waals surface area contributed by atoms with E-state index in [1.54, 1.807) is 24.3 Å². The highest BCUT2D eigenvalue weighted by molar-refractivity contribution is 6.23. The van der Waals surface area contributed by atoms with Crippen molar-refractivity contribution in [3.63, 3.8) is 0 Å². The molecule has 4 aromatic rings. The molecule has 60 heavy (non-hydrogen) atoms. The van der Waals surface area contributed by atoms with Crippen molar-refractivity contribution in [2.75, 3.05) is 44.2 Å². The molecule has 0 saturated carbocycles. The monoisotopic (exact) mass is 826 g/mol. The first-order valence-corrected chi connectivity index (χ1v) is 19.7. The fraction of sp³-hybridized carbons (Fsp3) is 0.311. The lowest BCUT2D eigenvalue weighted by Gasteiger charge is -2.36. The van der Waals surface area contributed by atoms with Gasteiger partial charge in [0.15, 0.2) is 0 Å². The van der Waals surface area contributed by atoms with Gasteiger partial charge in [0.05, 0.1) is 17.7 Å². The SMILES string of the molecule is CC/C(=C(\c1ccc(O)cc1)c1ccc(OCCCCN2CCN(c3ccc4c(c3)C(=O)N(C3CCC(=O)NC3=O)C4=O)CC2)cc1)c1ccccc1.O=C(O)C(F)(F)F. The highest BCUT2D eigenvalue weighted by Gasteiger charge is 2.45. The Morgan fingerprint density at radius 3 is 2.02 bits per heavy atom. The lowest BCUT2D eigenvalue weighted by Crippen LogP contribution is -2.54. The molecule has 3 N–H and O–H groups in total. The van der Waals surface area contributed by atoms with Crippen molar-refractivity contribution in [2.45, 2.75) is 51.2 Å². The lowest BCUT2D eigenvalue weighted by molar-refractivity contribution is -0.192. The summed E-state index contributed by atoms with van der Waals surface area (Å²) in [5.41, 5.74) is 7.19. The largest absolute Gasteiger partial charge is 0.508 e. The number of nitrogens with one attached hydrogen (secondary N) is 1. The van der Waals surface area contributed by atoms with E-state index in [4.69, 9.17) is 14.6 Å². The number of phenols is 1. The molecule has 1 atom stereocenters. The number of imide groups is 2. The summed E-state index contributed by atoms with van der Waals surface area (Å²) in [5, 5.41) is 19.3. The Bertz CT molecular complexity index is 2240. The minimum Gasteiger partial charge on any atom is -0.508 e. The van der Waals surface area contributed by atoms with E-state index in [-0.39, 0.29) is 24.5 Å². The van der Waals surface area contributed by atoms with Gasteiger partial charge in [0, 0.05) is 38.3 Å². The summed E-state index contributed by atoms with van der Waals surface area (Å²) >= 11 is 0. The number of fused-ring (bicyclic) bond motifs is 1. The van der Waals surface area contributed by atoms with Gasteiger partial charge in [-0.05, 0) is 103 Å². The van der Waals surface area contributed by atoms with Crippen LogP contribution in [0.15, 0.2) is 97.1 Å². The zero-order valence-corrected chi connectivity index (χ0v) is 32.9. The minimum absolute atomic E-state index is 0.0957. The second kappa shape index (κ2) is 19.1. The average Bonchev–Trinajstić information content (AvgIpc) is 3.48. The number of allylic oxidation sites excluding steroid dienone is 1. The van der Waals surface area contributed by atoms with Crippen molar-refractivity contribution >= 4 is 46.4 Å². The molecule has 1 unspecified atom stereocenters. The quantitative estimate of drug-likeness (QED) is 0.0791. The summed E-state index contributed by atoms with van der Waals surface area (Å²) in [5.74, 6) is -3.65. The molecule has 0 aliphatic carbocycles. The average molecular weight is 827 g/mol. The first-order valence-electron chi connectivity index (χ1n) is 19.7. The Morgan fingerprint density at radius 1 is 0.800 bits per heavy atom. The van der Waals surface area contributed by atoms with Crippen molar-refractivity contribution < 1.29 is 52.1 Å². The van der Waals surface area contributed by atoms with Crippen molar-refractivity contribution in [3.8, 4) is 11.5 Å². The second-order valence-electron chi connectivity index (χ2n) is 14.5. The number of aromatic hydroxyl groups is 1. The number of halogens is 3. The highest BCUT2D eigenvalue weighted by Crippen LogP contribution is 2.36. The van der Waals surface area contributed by atoms with Gasteiger partial charge in [0.1, 0.15) is 17.5 Å². The number of carboxylic acid groups (broad SMARTS) is 1. The fourth-order valence-corrected chi connectivity index (χ4v) is 7.54. The number of nitrogens with zero attached hydrogens (tertiary/aromatic N) is 3. The summed E-state index contributed by atoms with van der Waals surface area (Å²) in [6.07, 6.45) is -2.05. The van der Waals surface area contributed by atoms with E-state index < -0.39 is 35.9 Å². The lowest BCUT2D eigenvalue weighted by atomic mass is 9.88. The van der Waals surface area contributed by atoms with Gasteiger partial charge in [-0.1, -0.05) is 61.5 Å². The molecular formula is C45H45F3N4O8. The molecular weight excluding hydrogens is 782 g/mol. The first kappa shape index (κ1) is 43.1. The second-order valence-corrected chi connectivity index (χ2v) is 14.5. The summed E-state index contributed by atoms with van der Waals surface area (Å²) in [6, 6.07) is 30.4. The first-order chi connectivity index (χ1) is 28.7. The van der Waals surface area contributed by atoms with Crippen LogP contribution in [0.2, 0.25) is 0 Å². The highest BCUT2D eigenvalue weighted by atomic mass is 19.4. The molecule has 0 bridgehead atoms. The van der Waals surface area contributed by atoms with E-state index in [1.807, 2.05) is 36.4 Å². The number of carboxylic acids is 1. The van der Waals surface area contributed by atoms with Gasteiger partial charge < -0.3 is 19.8 Å². The molecule has 3 heterocycles. The Hall–Kier alpha value is -6.48. The molecule has 0 spiro atoms. The number of aliphatic carboxylic acids is 1. The third-order valence-electron chi connectivity index (χ3n) is 10.6. The third-order valence-corrected chi connectivity index (χ3v) is 10.6. The molecule has 3 aliphatic heterocycles. The molecule has 3 aliphatic rings. The Balaban J connectivity index is 0.000000793. The Morgan fingerprint density at radius 2 is 1.42 bits per heavy atom. The van der Waals surface area contributed by atoms with E-state index in [1.165, 1.54) is 11.1 Å². The number of amides is 4. The van der Waals surface area contributed by atoms with Crippen LogP contribution in [-0.4, -0.2) is 101 Å². The van der Waals surface area contributed by atoms with Crippen LogP contribution in [0.5, 0.6) is 11.5 Å². The number of ether oxygens (including phenoxy) is 1. The summed E-state index contributed by atoms with van der Waals surface area (Å²) in [4.78, 5) is 64.9. The number of piperidine rings is 1. The van der Waals surface area contributed by atoms with Gasteiger partial charge in [0.25, 0.3) is 11.8 Å². The number of anilines is 1. The predicted octanol–water partition coefficient (Wildman–Crippen LogP) is 6.78. The van der Waals surface area contributed by atoms with Gasteiger partial charge in [-0.3, -0.25) is 34.3 Å². The molecule has 0 aromatic heterocycles. The van der Waals surface area contributed by atoms with Crippen LogP contribution in [0.4, 0.5) is 18.9 Å². The molecule has 314 valence electrons. The van der Waals surface area contributed by atoms with Crippen LogP contribution < -0.4 is 15.0 Å². The van der Waals surface area contributed by atoms with Gasteiger partial charge in [-0.15, -0.1) is 0 Å². The summed E-state index contributed by atoms with van der Waals surface area (Å²) in [6.45, 7) is 7.12. The molecule has 12 nitrogen and oxygen atoms in total. The molecule has 4 aromatic carbocycles. The smallest absolute Gasteiger partial charge is 0.490 e. The van der Waals surface area contributed by atoms with Crippen molar-refractivity contribution in [2.24, 2.45) is 0 Å². The molecule has 2 saturated heterocycles. The number of piperazine rings is 1. The van der Waals surface area contributed by atoms with Gasteiger partial charge in [-0.25, -0.2) is 4.79 Å². The van der Waals surface area contributed by atoms with Crippen molar-refractivity contribution in [1.29, 1.82) is 0 Å². The zero-order valence-electron chi connectivity index (χ0n) is 32.9. The van der Waals surface area contributed by atoms with E-state index in [0.29, 0.717) is 17.7 Å². The number of alkyl halides is 3. The van der Waals surface area contributed by atoms with Gasteiger partial charge >= 0.3 is 12.1 Å². The maximum Gasteiger partial charge on any atom is 0.490 e. The molecule has 15 heteroatoms. The summed E-state index contributed by atoms with van der Waals surface area (Å²) in [7, 11) is 0. The van der Waals surface area contributed by atoms with Crippen LogP contribution in [-0.2, 0) is 14.4 Å². The molecule has 4 amide bonds. The number of benzene rings is 4. The number of carbonyl (C=O) groups excluding carboxylic acids is 4. The van der Waals surface area contributed by atoms with Crippen LogP contribution in [0.3, 0.4) is 0 Å². The van der Waals surface area contributed by atoms with Crippen LogP contribution in [0.25, 0.3) is 11.1 Å². The normalized spacial score (nSPS) is 17.4. The predicted molar refractivity (Wildman–Crippen MR) is 217 cm³/mol. The third kappa shape index (κ3) is 10.2. The van der Waals surface area contributed by atoms with Crippen LogP contribution >= 0.6 is 0 Å². The number of rotatable bonds is 12. The van der Waals surface area contributed by atoms with Crippen LogP contribution in [0, 0.1) is 0 Å². The number of hydrogen-bond acceptors (Lipinski definition) is 9.